The maximum absolute atomic E-state index is 12.0. The Balaban J connectivity index is 2.02. The molecule has 3 aliphatic carbocycles. The number of carbonyl (C=O) groups excluding carboxylic acids is 1. The van der Waals surface area contributed by atoms with Gasteiger partial charge in [0.05, 0.1) is 5.92 Å². The number of hydrogen-bond acceptors (Lipinski definition) is 3. The largest absolute Gasteiger partial charge is 0.299 e. The molecule has 0 unspecified atom stereocenters. The lowest BCUT2D eigenvalue weighted by atomic mass is 9.59. The summed E-state index contributed by atoms with van der Waals surface area (Å²) < 4.78 is 0. The van der Waals surface area contributed by atoms with E-state index < -0.39 is 6.04 Å². The number of hydrogen-bond donors (Lipinski definition) is 0. The Kier molecular flexibility index (Phi) is 3.05. The zero-order chi connectivity index (χ0) is 13.6. The lowest BCUT2D eigenvalue weighted by molar-refractivity contribution is -0.542. The van der Waals surface area contributed by atoms with Gasteiger partial charge in [-0.2, -0.15) is 0 Å². The Morgan fingerprint density at radius 3 is 2.47 bits per heavy atom. The summed E-state index contributed by atoms with van der Waals surface area (Å²) in [6, 6.07) is 6.48. The van der Waals surface area contributed by atoms with Crippen LogP contribution >= 0.6 is 11.6 Å². The Morgan fingerprint density at radius 1 is 1.21 bits per heavy atom. The number of halogens is 1. The molecule has 3 fully saturated rings. The molecular formula is C14H14ClNO3. The van der Waals surface area contributed by atoms with Crippen LogP contribution in [0.5, 0.6) is 0 Å². The van der Waals surface area contributed by atoms with Crippen molar-refractivity contribution in [2.45, 2.75) is 31.2 Å². The van der Waals surface area contributed by atoms with E-state index in [1.807, 2.05) is 12.1 Å². The number of rotatable bonds is 2. The third kappa shape index (κ3) is 2.04. The van der Waals surface area contributed by atoms with Crippen molar-refractivity contribution in [3.05, 3.63) is 45.0 Å². The van der Waals surface area contributed by atoms with Gasteiger partial charge in [-0.15, -0.1) is 0 Å². The van der Waals surface area contributed by atoms with E-state index in [2.05, 4.69) is 0 Å². The summed E-state index contributed by atoms with van der Waals surface area (Å²) in [6.45, 7) is 0. The monoisotopic (exact) mass is 279 g/mol. The molecule has 1 aromatic rings. The fourth-order valence-corrected chi connectivity index (χ4v) is 3.81. The molecule has 5 heteroatoms. The summed E-state index contributed by atoms with van der Waals surface area (Å²) in [7, 11) is 0. The highest BCUT2D eigenvalue weighted by Gasteiger charge is 2.54. The number of Topliss-reactive ketones (excluding diaryl/α,β-unsaturated/α-hetero) is 1. The molecule has 0 N–H and O–H groups in total. The SMILES string of the molecule is O=C1C[C@@H]2CC[C@H]1[C@H](c1ccc(Cl)cc1)[C@H]2[N+](=O)[O-]. The summed E-state index contributed by atoms with van der Waals surface area (Å²) >= 11 is 5.86. The van der Waals surface area contributed by atoms with Crippen molar-refractivity contribution in [2.75, 3.05) is 0 Å². The van der Waals surface area contributed by atoms with Crippen LogP contribution in [-0.4, -0.2) is 16.7 Å². The highest BCUT2D eigenvalue weighted by molar-refractivity contribution is 6.30. The van der Waals surface area contributed by atoms with Gasteiger partial charge in [-0.25, -0.2) is 0 Å². The Morgan fingerprint density at radius 2 is 1.89 bits per heavy atom. The van der Waals surface area contributed by atoms with Gasteiger partial charge < -0.3 is 0 Å². The highest BCUT2D eigenvalue weighted by Crippen LogP contribution is 2.49. The maximum Gasteiger partial charge on any atom is 0.223 e. The van der Waals surface area contributed by atoms with Gasteiger partial charge in [0.1, 0.15) is 5.78 Å². The van der Waals surface area contributed by atoms with E-state index in [-0.39, 0.29) is 28.5 Å². The number of nitro groups is 1. The van der Waals surface area contributed by atoms with Gasteiger partial charge in [0.15, 0.2) is 0 Å². The summed E-state index contributed by atoms with van der Waals surface area (Å²) in [5.74, 6) is -0.392. The van der Waals surface area contributed by atoms with E-state index >= 15 is 0 Å². The second-order valence-corrected chi connectivity index (χ2v) is 5.90. The molecule has 0 saturated heterocycles. The van der Waals surface area contributed by atoms with Crippen LogP contribution in [0, 0.1) is 22.0 Å². The fourth-order valence-electron chi connectivity index (χ4n) is 3.69. The highest BCUT2D eigenvalue weighted by atomic mass is 35.5. The summed E-state index contributed by atoms with van der Waals surface area (Å²) in [6.07, 6.45) is 1.95. The minimum atomic E-state index is -0.627. The van der Waals surface area contributed by atoms with Gasteiger partial charge in [0, 0.05) is 28.2 Å². The molecular weight excluding hydrogens is 266 g/mol. The number of ketones is 1. The van der Waals surface area contributed by atoms with E-state index in [0.717, 1.165) is 18.4 Å². The molecule has 0 heterocycles. The van der Waals surface area contributed by atoms with Crippen molar-refractivity contribution in [3.8, 4) is 0 Å². The lowest BCUT2D eigenvalue weighted by Crippen LogP contribution is -2.50. The second-order valence-electron chi connectivity index (χ2n) is 5.47. The van der Waals surface area contributed by atoms with Gasteiger partial charge in [-0.05, 0) is 30.5 Å². The first kappa shape index (κ1) is 12.6. The van der Waals surface area contributed by atoms with Crippen molar-refractivity contribution in [2.24, 2.45) is 11.8 Å². The Hall–Kier alpha value is -1.42. The zero-order valence-corrected chi connectivity index (χ0v) is 11.0. The van der Waals surface area contributed by atoms with E-state index in [1.54, 1.807) is 12.1 Å². The van der Waals surface area contributed by atoms with Gasteiger partial charge in [0.2, 0.25) is 6.04 Å². The average Bonchev–Trinajstić information content (AvgIpc) is 2.39. The zero-order valence-electron chi connectivity index (χ0n) is 10.3. The molecule has 4 rings (SSSR count). The van der Waals surface area contributed by atoms with E-state index in [1.165, 1.54) is 0 Å². The molecule has 3 saturated carbocycles. The van der Waals surface area contributed by atoms with E-state index in [0.29, 0.717) is 11.4 Å². The average molecular weight is 280 g/mol. The normalized spacial score (nSPS) is 33.4. The Labute approximate surface area is 115 Å². The van der Waals surface area contributed by atoms with Crippen LogP contribution in [0.3, 0.4) is 0 Å². The molecule has 1 aromatic carbocycles. The van der Waals surface area contributed by atoms with Crippen LogP contribution < -0.4 is 0 Å². The molecule has 0 radical (unpaired) electrons. The van der Waals surface area contributed by atoms with Crippen LogP contribution in [0.15, 0.2) is 24.3 Å². The molecule has 0 amide bonds. The number of fused-ring (bicyclic) bond motifs is 3. The topological polar surface area (TPSA) is 60.2 Å². The smallest absolute Gasteiger partial charge is 0.223 e. The summed E-state index contributed by atoms with van der Waals surface area (Å²) in [5.41, 5.74) is 0.869. The molecule has 4 atom stereocenters. The third-order valence-corrected chi connectivity index (χ3v) is 4.76. The van der Waals surface area contributed by atoms with Crippen molar-refractivity contribution < 1.29 is 9.72 Å². The van der Waals surface area contributed by atoms with Crippen molar-refractivity contribution >= 4 is 17.4 Å². The summed E-state index contributed by atoms with van der Waals surface area (Å²) in [5, 5.41) is 12.0. The second kappa shape index (κ2) is 4.60. The molecule has 100 valence electrons. The molecule has 0 aliphatic heterocycles. The fraction of sp³-hybridized carbons (Fsp3) is 0.500. The van der Waals surface area contributed by atoms with Crippen molar-refractivity contribution in [3.63, 3.8) is 0 Å². The first-order valence-electron chi connectivity index (χ1n) is 6.49. The lowest BCUT2D eigenvalue weighted by Gasteiger charge is -2.42. The molecule has 0 aromatic heterocycles. The molecule has 2 bridgehead atoms. The van der Waals surface area contributed by atoms with Gasteiger partial charge >= 0.3 is 0 Å². The quantitative estimate of drug-likeness (QED) is 0.617. The van der Waals surface area contributed by atoms with Crippen LogP contribution in [0.1, 0.15) is 30.7 Å². The van der Waals surface area contributed by atoms with Crippen LogP contribution in [0.25, 0.3) is 0 Å². The van der Waals surface area contributed by atoms with Crippen LogP contribution in [-0.2, 0) is 4.79 Å². The molecule has 3 aliphatic rings. The van der Waals surface area contributed by atoms with E-state index in [9.17, 15) is 14.9 Å². The first-order chi connectivity index (χ1) is 9.08. The predicted molar refractivity (Wildman–Crippen MR) is 70.8 cm³/mol. The minimum Gasteiger partial charge on any atom is -0.299 e. The maximum atomic E-state index is 12.0. The van der Waals surface area contributed by atoms with Gasteiger partial charge in [-0.3, -0.25) is 14.9 Å². The number of benzene rings is 1. The van der Waals surface area contributed by atoms with E-state index in [4.69, 9.17) is 11.6 Å². The van der Waals surface area contributed by atoms with Gasteiger partial charge in [0.25, 0.3) is 0 Å². The van der Waals surface area contributed by atoms with Crippen LogP contribution in [0.2, 0.25) is 5.02 Å². The van der Waals surface area contributed by atoms with Crippen molar-refractivity contribution in [1.82, 2.24) is 0 Å². The molecule has 0 spiro atoms. The van der Waals surface area contributed by atoms with Crippen LogP contribution in [0.4, 0.5) is 0 Å². The summed E-state index contributed by atoms with van der Waals surface area (Å²) in [4.78, 5) is 23.2. The first-order valence-corrected chi connectivity index (χ1v) is 6.87. The Bertz CT molecular complexity index is 528. The standard InChI is InChI=1S/C14H14ClNO3/c15-10-4-1-8(2-5-10)13-11-6-3-9(7-12(11)17)14(13)16(18)19/h1-2,4-5,9,11,13-14H,3,6-7H2/t9-,11+,13-,14-/m0/s1. The van der Waals surface area contributed by atoms with Gasteiger partial charge in [-0.1, -0.05) is 23.7 Å². The van der Waals surface area contributed by atoms with Crippen molar-refractivity contribution in [1.29, 1.82) is 0 Å². The molecule has 19 heavy (non-hydrogen) atoms. The minimum absolute atomic E-state index is 0.104. The third-order valence-electron chi connectivity index (χ3n) is 4.51. The number of carbonyl (C=O) groups is 1. The molecule has 4 nitrogen and oxygen atoms in total. The predicted octanol–water partition coefficient (Wildman–Crippen LogP) is 3.07. The number of nitrogens with zero attached hydrogens (tertiary/aromatic N) is 1.